The van der Waals surface area contributed by atoms with Gasteiger partial charge in [-0.25, -0.2) is 4.39 Å². The Bertz CT molecular complexity index is 656. The van der Waals surface area contributed by atoms with Gasteiger partial charge in [0.25, 0.3) is 0 Å². The number of rotatable bonds is 2. The third-order valence-corrected chi connectivity index (χ3v) is 2.74. The minimum atomic E-state index is -0.670. The van der Waals surface area contributed by atoms with E-state index in [-0.39, 0.29) is 16.9 Å². The van der Waals surface area contributed by atoms with Gasteiger partial charge in [0, 0.05) is 11.1 Å². The average Bonchev–Trinajstić information content (AvgIpc) is 2.38. The summed E-state index contributed by atoms with van der Waals surface area (Å²) in [6.45, 7) is 1.83. The fraction of sp³-hybridized carbons (Fsp3) is 0.0667. The van der Waals surface area contributed by atoms with Gasteiger partial charge in [0.2, 0.25) is 0 Å². The molecule has 0 bridgehead atoms. The molecule has 0 saturated carbocycles. The van der Waals surface area contributed by atoms with Crippen LogP contribution in [0.1, 0.15) is 27.0 Å². The highest BCUT2D eigenvalue weighted by molar-refractivity contribution is 6.09. The highest BCUT2D eigenvalue weighted by Crippen LogP contribution is 2.16. The van der Waals surface area contributed by atoms with Gasteiger partial charge in [-0.15, -0.1) is 0 Å². The van der Waals surface area contributed by atoms with Crippen molar-refractivity contribution in [3.8, 4) is 6.07 Å². The number of hydrogen-bond acceptors (Lipinski definition) is 2. The summed E-state index contributed by atoms with van der Waals surface area (Å²) in [5.74, 6) is -0.909. The lowest BCUT2D eigenvalue weighted by Crippen LogP contribution is -2.04. The maximum absolute atomic E-state index is 13.5. The number of aryl methyl sites for hydroxylation is 1. The molecule has 0 radical (unpaired) electrons. The second-order valence-electron chi connectivity index (χ2n) is 3.95. The van der Waals surface area contributed by atoms with Gasteiger partial charge < -0.3 is 0 Å². The summed E-state index contributed by atoms with van der Waals surface area (Å²) in [5.41, 5.74) is 1.58. The Balaban J connectivity index is 2.45. The fourth-order valence-corrected chi connectivity index (χ4v) is 1.73. The standard InChI is InChI=1S/C15H10FNO/c1-10-4-2-3-5-13(10)15(18)11-6-7-12(9-17)14(16)8-11/h2-8H,1H3. The Labute approximate surface area is 104 Å². The minimum Gasteiger partial charge on any atom is -0.289 e. The topological polar surface area (TPSA) is 40.9 Å². The van der Waals surface area contributed by atoms with Crippen molar-refractivity contribution >= 4 is 5.78 Å². The molecule has 0 atom stereocenters. The predicted molar refractivity (Wildman–Crippen MR) is 65.7 cm³/mol. The minimum absolute atomic E-state index is 0.0590. The highest BCUT2D eigenvalue weighted by atomic mass is 19.1. The number of carbonyl (C=O) groups is 1. The summed E-state index contributed by atoms with van der Waals surface area (Å²) in [4.78, 5) is 12.2. The summed E-state index contributed by atoms with van der Waals surface area (Å²) in [6, 6.07) is 12.8. The second-order valence-corrected chi connectivity index (χ2v) is 3.95. The Morgan fingerprint density at radius 3 is 2.56 bits per heavy atom. The molecule has 0 heterocycles. The number of nitrogens with zero attached hydrogens (tertiary/aromatic N) is 1. The lowest BCUT2D eigenvalue weighted by atomic mass is 9.98. The summed E-state index contributed by atoms with van der Waals surface area (Å²) in [6.07, 6.45) is 0. The number of nitriles is 1. The third kappa shape index (κ3) is 2.14. The number of benzene rings is 2. The molecule has 0 unspecified atom stereocenters. The zero-order valence-electron chi connectivity index (χ0n) is 9.77. The average molecular weight is 239 g/mol. The molecule has 2 aromatic carbocycles. The van der Waals surface area contributed by atoms with E-state index < -0.39 is 5.82 Å². The van der Waals surface area contributed by atoms with Gasteiger partial charge in [0.05, 0.1) is 5.56 Å². The summed E-state index contributed by atoms with van der Waals surface area (Å²) < 4.78 is 13.5. The van der Waals surface area contributed by atoms with Crippen LogP contribution in [0.15, 0.2) is 42.5 Å². The zero-order chi connectivity index (χ0) is 13.1. The molecule has 0 spiro atoms. The number of hydrogen-bond donors (Lipinski definition) is 0. The molecule has 0 aromatic heterocycles. The predicted octanol–water partition coefficient (Wildman–Crippen LogP) is 3.24. The first kappa shape index (κ1) is 12.0. The van der Waals surface area contributed by atoms with Crippen molar-refractivity contribution in [2.45, 2.75) is 6.92 Å². The Morgan fingerprint density at radius 1 is 1.22 bits per heavy atom. The lowest BCUT2D eigenvalue weighted by Gasteiger charge is -2.05. The number of ketones is 1. The molecule has 0 aliphatic rings. The number of halogens is 1. The molecule has 88 valence electrons. The maximum atomic E-state index is 13.5. The summed E-state index contributed by atoms with van der Waals surface area (Å²) in [7, 11) is 0. The molecule has 2 aromatic rings. The molecule has 0 saturated heterocycles. The van der Waals surface area contributed by atoms with Crippen LogP contribution in [0.25, 0.3) is 0 Å². The molecule has 0 amide bonds. The van der Waals surface area contributed by atoms with Crippen molar-refractivity contribution in [2.24, 2.45) is 0 Å². The molecule has 0 aliphatic heterocycles. The first-order valence-electron chi connectivity index (χ1n) is 5.43. The summed E-state index contributed by atoms with van der Waals surface area (Å²) in [5, 5.41) is 8.63. The third-order valence-electron chi connectivity index (χ3n) is 2.74. The molecule has 0 fully saturated rings. The van der Waals surface area contributed by atoms with E-state index in [0.29, 0.717) is 5.56 Å². The molecule has 3 heteroatoms. The van der Waals surface area contributed by atoms with E-state index in [9.17, 15) is 9.18 Å². The SMILES string of the molecule is Cc1ccccc1C(=O)c1ccc(C#N)c(F)c1. The van der Waals surface area contributed by atoms with Crippen LogP contribution in [0.2, 0.25) is 0 Å². The van der Waals surface area contributed by atoms with Crippen LogP contribution >= 0.6 is 0 Å². The van der Waals surface area contributed by atoms with E-state index in [4.69, 9.17) is 5.26 Å². The van der Waals surface area contributed by atoms with Gasteiger partial charge in [-0.3, -0.25) is 4.79 Å². The molecule has 2 rings (SSSR count). The molecule has 0 aliphatic carbocycles. The Kier molecular flexibility index (Phi) is 3.20. The van der Waals surface area contributed by atoms with Crippen LogP contribution in [-0.4, -0.2) is 5.78 Å². The second kappa shape index (κ2) is 4.80. The van der Waals surface area contributed by atoms with Crippen molar-refractivity contribution in [1.82, 2.24) is 0 Å². The van der Waals surface area contributed by atoms with E-state index in [2.05, 4.69) is 0 Å². The van der Waals surface area contributed by atoms with Crippen LogP contribution in [0.3, 0.4) is 0 Å². The first-order valence-corrected chi connectivity index (χ1v) is 5.43. The molecular formula is C15H10FNO. The first-order chi connectivity index (χ1) is 8.63. The molecule has 18 heavy (non-hydrogen) atoms. The lowest BCUT2D eigenvalue weighted by molar-refractivity contribution is 0.103. The normalized spacial score (nSPS) is 9.83. The van der Waals surface area contributed by atoms with Gasteiger partial charge in [0.15, 0.2) is 5.78 Å². The quantitative estimate of drug-likeness (QED) is 0.755. The zero-order valence-corrected chi connectivity index (χ0v) is 9.77. The smallest absolute Gasteiger partial charge is 0.193 e. The summed E-state index contributed by atoms with van der Waals surface area (Å²) >= 11 is 0. The van der Waals surface area contributed by atoms with E-state index in [1.807, 2.05) is 19.1 Å². The van der Waals surface area contributed by atoms with Crippen molar-refractivity contribution in [3.63, 3.8) is 0 Å². The van der Waals surface area contributed by atoms with Gasteiger partial charge >= 0.3 is 0 Å². The van der Waals surface area contributed by atoms with Gasteiger partial charge in [-0.05, 0) is 30.7 Å². The Hall–Kier alpha value is -2.47. The monoisotopic (exact) mass is 239 g/mol. The van der Waals surface area contributed by atoms with Crippen molar-refractivity contribution in [2.75, 3.05) is 0 Å². The van der Waals surface area contributed by atoms with Crippen LogP contribution in [0.4, 0.5) is 4.39 Å². The van der Waals surface area contributed by atoms with Crippen LogP contribution in [0, 0.1) is 24.1 Å². The van der Waals surface area contributed by atoms with Gasteiger partial charge in [0.1, 0.15) is 11.9 Å². The van der Waals surface area contributed by atoms with Crippen LogP contribution < -0.4 is 0 Å². The fourth-order valence-electron chi connectivity index (χ4n) is 1.73. The van der Waals surface area contributed by atoms with Crippen molar-refractivity contribution < 1.29 is 9.18 Å². The van der Waals surface area contributed by atoms with E-state index in [0.717, 1.165) is 11.6 Å². The Morgan fingerprint density at radius 2 is 1.94 bits per heavy atom. The van der Waals surface area contributed by atoms with E-state index >= 15 is 0 Å². The van der Waals surface area contributed by atoms with E-state index in [1.54, 1.807) is 18.2 Å². The van der Waals surface area contributed by atoms with Crippen LogP contribution in [0.5, 0.6) is 0 Å². The van der Waals surface area contributed by atoms with Gasteiger partial charge in [-0.1, -0.05) is 24.3 Å². The number of carbonyl (C=O) groups excluding carboxylic acids is 1. The van der Waals surface area contributed by atoms with Crippen molar-refractivity contribution in [3.05, 3.63) is 70.5 Å². The van der Waals surface area contributed by atoms with E-state index in [1.165, 1.54) is 12.1 Å². The van der Waals surface area contributed by atoms with Crippen molar-refractivity contribution in [1.29, 1.82) is 5.26 Å². The molecule has 0 N–H and O–H groups in total. The molecular weight excluding hydrogens is 229 g/mol. The molecule has 2 nitrogen and oxygen atoms in total. The maximum Gasteiger partial charge on any atom is 0.193 e. The van der Waals surface area contributed by atoms with Crippen LogP contribution in [-0.2, 0) is 0 Å². The largest absolute Gasteiger partial charge is 0.289 e. The van der Waals surface area contributed by atoms with Gasteiger partial charge in [-0.2, -0.15) is 5.26 Å². The highest BCUT2D eigenvalue weighted by Gasteiger charge is 2.13.